The summed E-state index contributed by atoms with van der Waals surface area (Å²) in [6.45, 7) is 4.99. The van der Waals surface area contributed by atoms with E-state index in [4.69, 9.17) is 10.7 Å². The van der Waals surface area contributed by atoms with Crippen molar-refractivity contribution in [2.24, 2.45) is 5.73 Å². The molecule has 0 atom stereocenters. The van der Waals surface area contributed by atoms with Gasteiger partial charge in [-0.15, -0.1) is 0 Å². The van der Waals surface area contributed by atoms with Gasteiger partial charge in [0, 0.05) is 11.8 Å². The largest absolute Gasteiger partial charge is 0.330 e. The third-order valence-electron chi connectivity index (χ3n) is 4.20. The number of hydrogen-bond acceptors (Lipinski definition) is 2. The molecule has 2 heterocycles. The summed E-state index contributed by atoms with van der Waals surface area (Å²) in [5.41, 5.74) is 12.9. The average Bonchev–Trinajstić information content (AvgIpc) is 2.93. The molecule has 22 heavy (non-hydrogen) atoms. The molecule has 0 saturated heterocycles. The van der Waals surface area contributed by atoms with E-state index in [0.29, 0.717) is 6.54 Å². The van der Waals surface area contributed by atoms with Crippen LogP contribution in [0.2, 0.25) is 0 Å². The summed E-state index contributed by atoms with van der Waals surface area (Å²) in [4.78, 5) is 4.91. The zero-order valence-electron chi connectivity index (χ0n) is 13.3. The highest BCUT2D eigenvalue weighted by atomic mass is 15.0. The number of benzene rings is 1. The van der Waals surface area contributed by atoms with Crippen LogP contribution < -0.4 is 5.73 Å². The van der Waals surface area contributed by atoms with Gasteiger partial charge in [0.1, 0.15) is 5.65 Å². The van der Waals surface area contributed by atoms with Crippen LogP contribution in [0, 0.1) is 6.92 Å². The monoisotopic (exact) mass is 293 g/mol. The molecular weight excluding hydrogens is 270 g/mol. The van der Waals surface area contributed by atoms with Crippen molar-refractivity contribution in [1.82, 2.24) is 9.38 Å². The van der Waals surface area contributed by atoms with E-state index >= 15 is 0 Å². The van der Waals surface area contributed by atoms with Crippen molar-refractivity contribution >= 4 is 5.65 Å². The first-order valence-corrected chi connectivity index (χ1v) is 8.00. The Morgan fingerprint density at radius 2 is 1.91 bits per heavy atom. The summed E-state index contributed by atoms with van der Waals surface area (Å²) < 4.78 is 2.22. The minimum absolute atomic E-state index is 0.702. The lowest BCUT2D eigenvalue weighted by atomic mass is 10.0. The molecule has 3 aromatic rings. The predicted molar refractivity (Wildman–Crippen MR) is 92.1 cm³/mol. The molecule has 2 N–H and O–H groups in total. The fourth-order valence-electron chi connectivity index (χ4n) is 2.89. The molecule has 2 aromatic heterocycles. The normalized spacial score (nSPS) is 11.2. The lowest BCUT2D eigenvalue weighted by Gasteiger charge is -2.06. The van der Waals surface area contributed by atoms with Crippen molar-refractivity contribution in [2.45, 2.75) is 33.1 Å². The van der Waals surface area contributed by atoms with Gasteiger partial charge in [-0.3, -0.25) is 0 Å². The maximum atomic E-state index is 5.72. The second-order valence-electron chi connectivity index (χ2n) is 5.73. The summed E-state index contributed by atoms with van der Waals surface area (Å²) in [5, 5.41) is 0. The number of aromatic nitrogens is 2. The van der Waals surface area contributed by atoms with Gasteiger partial charge in [0.25, 0.3) is 0 Å². The third kappa shape index (κ3) is 2.64. The highest BCUT2D eigenvalue weighted by molar-refractivity contribution is 5.68. The van der Waals surface area contributed by atoms with E-state index in [2.05, 4.69) is 60.8 Å². The number of aryl methyl sites for hydroxylation is 3. The minimum atomic E-state index is 0.702. The number of imidazole rings is 1. The molecule has 0 radical (unpaired) electrons. The number of pyridine rings is 1. The fraction of sp³-hybridized carbons (Fsp3) is 0.316. The molecule has 0 spiro atoms. The molecule has 3 nitrogen and oxygen atoms in total. The van der Waals surface area contributed by atoms with Crippen molar-refractivity contribution in [3.8, 4) is 11.3 Å². The highest BCUT2D eigenvalue weighted by Crippen LogP contribution is 2.27. The number of nitrogens with zero attached hydrogens (tertiary/aromatic N) is 2. The van der Waals surface area contributed by atoms with Crippen LogP contribution >= 0.6 is 0 Å². The van der Waals surface area contributed by atoms with E-state index in [1.54, 1.807) is 0 Å². The van der Waals surface area contributed by atoms with Gasteiger partial charge in [0.2, 0.25) is 0 Å². The topological polar surface area (TPSA) is 43.3 Å². The van der Waals surface area contributed by atoms with Crippen LogP contribution in [-0.2, 0) is 12.8 Å². The Morgan fingerprint density at radius 1 is 1.14 bits per heavy atom. The Balaban J connectivity index is 2.15. The SMILES string of the molecule is CCc1ccc(-c2nc3c(C)cccn3c2CCCN)cc1. The van der Waals surface area contributed by atoms with Gasteiger partial charge in [-0.05, 0) is 49.9 Å². The van der Waals surface area contributed by atoms with E-state index in [1.807, 2.05) is 0 Å². The molecule has 114 valence electrons. The predicted octanol–water partition coefficient (Wildman–Crippen LogP) is 3.76. The smallest absolute Gasteiger partial charge is 0.140 e. The quantitative estimate of drug-likeness (QED) is 0.778. The summed E-state index contributed by atoms with van der Waals surface area (Å²) in [7, 11) is 0. The fourth-order valence-corrected chi connectivity index (χ4v) is 2.89. The lowest BCUT2D eigenvalue weighted by Crippen LogP contribution is -2.03. The molecule has 0 bridgehead atoms. The third-order valence-corrected chi connectivity index (χ3v) is 4.20. The molecule has 0 unspecified atom stereocenters. The van der Waals surface area contributed by atoms with Crippen LogP contribution in [0.3, 0.4) is 0 Å². The standard InChI is InChI=1S/C19H23N3/c1-3-15-8-10-16(11-9-15)18-17(7-4-12-20)22-13-5-6-14(2)19(22)21-18/h5-6,8-11,13H,3-4,7,12,20H2,1-2H3. The van der Waals surface area contributed by atoms with Crippen LogP contribution in [0.1, 0.15) is 30.2 Å². The summed E-state index contributed by atoms with van der Waals surface area (Å²) >= 11 is 0. The summed E-state index contributed by atoms with van der Waals surface area (Å²) in [6, 6.07) is 12.9. The molecule has 3 rings (SSSR count). The van der Waals surface area contributed by atoms with E-state index in [9.17, 15) is 0 Å². The van der Waals surface area contributed by atoms with Gasteiger partial charge in [-0.25, -0.2) is 4.98 Å². The first kappa shape index (κ1) is 14.8. The molecular formula is C19H23N3. The van der Waals surface area contributed by atoms with Crippen molar-refractivity contribution in [3.63, 3.8) is 0 Å². The Bertz CT molecular complexity index is 769. The molecule has 3 heteroatoms. The molecule has 0 fully saturated rings. The zero-order chi connectivity index (χ0) is 15.5. The van der Waals surface area contributed by atoms with E-state index < -0.39 is 0 Å². The average molecular weight is 293 g/mol. The van der Waals surface area contributed by atoms with E-state index in [0.717, 1.165) is 30.6 Å². The number of nitrogens with two attached hydrogens (primary N) is 1. The van der Waals surface area contributed by atoms with Crippen molar-refractivity contribution in [3.05, 3.63) is 59.4 Å². The van der Waals surface area contributed by atoms with E-state index in [-0.39, 0.29) is 0 Å². The van der Waals surface area contributed by atoms with Crippen LogP contribution in [0.15, 0.2) is 42.6 Å². The number of fused-ring (bicyclic) bond motifs is 1. The molecule has 0 aliphatic heterocycles. The second kappa shape index (κ2) is 6.32. The first-order chi connectivity index (χ1) is 10.7. The summed E-state index contributed by atoms with van der Waals surface area (Å²) in [5.74, 6) is 0. The van der Waals surface area contributed by atoms with Crippen molar-refractivity contribution < 1.29 is 0 Å². The van der Waals surface area contributed by atoms with Crippen LogP contribution in [0.25, 0.3) is 16.9 Å². The summed E-state index contributed by atoms with van der Waals surface area (Å²) in [6.07, 6.45) is 5.09. The minimum Gasteiger partial charge on any atom is -0.330 e. The Morgan fingerprint density at radius 3 is 2.59 bits per heavy atom. The van der Waals surface area contributed by atoms with Crippen molar-refractivity contribution in [1.29, 1.82) is 0 Å². The van der Waals surface area contributed by atoms with Gasteiger partial charge >= 0.3 is 0 Å². The highest BCUT2D eigenvalue weighted by Gasteiger charge is 2.14. The van der Waals surface area contributed by atoms with Crippen molar-refractivity contribution in [2.75, 3.05) is 6.54 Å². The second-order valence-corrected chi connectivity index (χ2v) is 5.73. The van der Waals surface area contributed by atoms with Crippen LogP contribution in [0.4, 0.5) is 0 Å². The molecule has 0 amide bonds. The van der Waals surface area contributed by atoms with Gasteiger partial charge in [0.05, 0.1) is 11.4 Å². The number of hydrogen-bond donors (Lipinski definition) is 1. The Labute approximate surface area is 131 Å². The lowest BCUT2D eigenvalue weighted by molar-refractivity contribution is 0.803. The van der Waals surface area contributed by atoms with Gasteiger partial charge in [-0.1, -0.05) is 37.3 Å². The van der Waals surface area contributed by atoms with Crippen LogP contribution in [0.5, 0.6) is 0 Å². The maximum Gasteiger partial charge on any atom is 0.140 e. The Hall–Kier alpha value is -2.13. The molecule has 1 aromatic carbocycles. The van der Waals surface area contributed by atoms with Gasteiger partial charge in [-0.2, -0.15) is 0 Å². The van der Waals surface area contributed by atoms with Gasteiger partial charge < -0.3 is 10.1 Å². The first-order valence-electron chi connectivity index (χ1n) is 8.00. The van der Waals surface area contributed by atoms with Gasteiger partial charge in [0.15, 0.2) is 0 Å². The Kier molecular flexibility index (Phi) is 4.25. The maximum absolute atomic E-state index is 5.72. The molecule has 0 aliphatic carbocycles. The van der Waals surface area contributed by atoms with E-state index in [1.165, 1.54) is 22.4 Å². The molecule has 0 saturated carbocycles. The number of rotatable bonds is 5. The molecule has 0 aliphatic rings. The zero-order valence-corrected chi connectivity index (χ0v) is 13.3. The van der Waals surface area contributed by atoms with Crippen LogP contribution in [-0.4, -0.2) is 15.9 Å².